The van der Waals surface area contributed by atoms with Gasteiger partial charge in [-0.15, -0.1) is 11.3 Å². The lowest BCUT2D eigenvalue weighted by Gasteiger charge is -2.49. The van der Waals surface area contributed by atoms with Crippen molar-refractivity contribution in [3.8, 4) is 5.75 Å². The SMILES string of the molecule is COc1ccc(COC(=O)C2=C(CI)C[S@@+]([O-])[C@@H]3[C@H](NC(=O)C(=NOC(C)(C)C(=O)OC(C)(C)C)c4csc(NC(=O)OC(C)(C)C)n4)C(=O)N23)cc1. The molecule has 0 saturated carbocycles. The summed E-state index contributed by atoms with van der Waals surface area (Å²) in [6.07, 6.45) is -0.791. The zero-order valence-corrected chi connectivity index (χ0v) is 34.5. The molecule has 0 spiro atoms. The second-order valence-corrected chi connectivity index (χ2v) is 17.4. The number of β-lactam (4-membered cyclic amide) rings is 1. The predicted molar refractivity (Wildman–Crippen MR) is 204 cm³/mol. The second-order valence-electron chi connectivity index (χ2n) is 14.3. The number of hydrogen-bond donors (Lipinski definition) is 2. The number of oxime groups is 1. The summed E-state index contributed by atoms with van der Waals surface area (Å²) in [6.45, 7) is 12.8. The topological polar surface area (TPSA) is 207 Å². The quantitative estimate of drug-likeness (QED) is 0.0450. The average molecular weight is 888 g/mol. The summed E-state index contributed by atoms with van der Waals surface area (Å²) in [5, 5.41) is 9.36. The van der Waals surface area contributed by atoms with Crippen molar-refractivity contribution in [3.05, 3.63) is 52.2 Å². The fourth-order valence-corrected chi connectivity index (χ4v) is 8.09. The lowest BCUT2D eigenvalue weighted by molar-refractivity contribution is -0.179. The first-order valence-corrected chi connectivity index (χ1v) is 20.0. The summed E-state index contributed by atoms with van der Waals surface area (Å²) < 4.78 is 35.2. The first-order valence-electron chi connectivity index (χ1n) is 16.2. The Balaban J connectivity index is 1.57. The molecule has 3 heterocycles. The van der Waals surface area contributed by atoms with Gasteiger partial charge >= 0.3 is 18.0 Å². The van der Waals surface area contributed by atoms with Crippen molar-refractivity contribution in [2.75, 3.05) is 22.6 Å². The number of amides is 3. The van der Waals surface area contributed by atoms with E-state index in [1.165, 1.54) is 26.3 Å². The molecular formula is C34H42IN5O11S2. The van der Waals surface area contributed by atoms with Crippen molar-refractivity contribution >= 4 is 85.8 Å². The van der Waals surface area contributed by atoms with E-state index >= 15 is 0 Å². The van der Waals surface area contributed by atoms with Crippen LogP contribution in [0.2, 0.25) is 0 Å². The number of ether oxygens (including phenoxy) is 4. The number of benzene rings is 1. The molecule has 19 heteroatoms. The molecule has 53 heavy (non-hydrogen) atoms. The van der Waals surface area contributed by atoms with Gasteiger partial charge in [0.05, 0.1) is 7.11 Å². The molecule has 16 nitrogen and oxygen atoms in total. The molecule has 0 bridgehead atoms. The third kappa shape index (κ3) is 10.6. The first-order chi connectivity index (χ1) is 24.6. The number of esters is 2. The zero-order chi connectivity index (χ0) is 39.5. The number of nitrogens with one attached hydrogen (secondary N) is 2. The first kappa shape index (κ1) is 41.8. The van der Waals surface area contributed by atoms with Gasteiger partial charge in [-0.25, -0.2) is 19.4 Å². The van der Waals surface area contributed by atoms with E-state index < -0.39 is 75.0 Å². The summed E-state index contributed by atoms with van der Waals surface area (Å²) in [6, 6.07) is 5.57. The molecule has 1 aromatic carbocycles. The van der Waals surface area contributed by atoms with Gasteiger partial charge in [-0.3, -0.25) is 19.8 Å². The highest BCUT2D eigenvalue weighted by Gasteiger charge is 2.61. The number of halogens is 1. The molecule has 2 N–H and O–H groups in total. The third-order valence-corrected chi connectivity index (χ3v) is 10.5. The van der Waals surface area contributed by atoms with Crippen LogP contribution in [0, 0.1) is 0 Å². The lowest BCUT2D eigenvalue weighted by Crippen LogP contribution is -2.75. The van der Waals surface area contributed by atoms with Crippen molar-refractivity contribution in [3.63, 3.8) is 0 Å². The van der Waals surface area contributed by atoms with Crippen LogP contribution in [0.1, 0.15) is 66.6 Å². The Hall–Kier alpha value is -3.95. The zero-order valence-electron chi connectivity index (χ0n) is 30.7. The van der Waals surface area contributed by atoms with E-state index in [9.17, 15) is 28.5 Å². The highest BCUT2D eigenvalue weighted by Crippen LogP contribution is 2.38. The van der Waals surface area contributed by atoms with Gasteiger partial charge in [0.25, 0.3) is 11.8 Å². The number of rotatable bonds is 12. The molecule has 2 aliphatic heterocycles. The molecule has 2 aromatic rings. The Morgan fingerprint density at radius 3 is 2.28 bits per heavy atom. The number of anilines is 1. The van der Waals surface area contributed by atoms with Crippen LogP contribution in [-0.2, 0) is 56.0 Å². The van der Waals surface area contributed by atoms with Crippen LogP contribution in [0.25, 0.3) is 0 Å². The van der Waals surface area contributed by atoms with E-state index in [0.717, 1.165) is 16.2 Å². The summed E-state index contributed by atoms with van der Waals surface area (Å²) in [5.74, 6) is -2.62. The minimum Gasteiger partial charge on any atom is -0.614 e. The molecular weight excluding hydrogens is 845 g/mol. The number of thiazole rings is 1. The molecule has 3 amide bonds. The molecule has 4 rings (SSSR count). The van der Waals surface area contributed by atoms with Gasteiger partial charge in [0.2, 0.25) is 11.0 Å². The monoisotopic (exact) mass is 887 g/mol. The number of nitrogens with zero attached hydrogens (tertiary/aromatic N) is 3. The lowest BCUT2D eigenvalue weighted by atomic mass is 10.0. The number of carbonyl (C=O) groups is 5. The van der Waals surface area contributed by atoms with Crippen LogP contribution >= 0.6 is 33.9 Å². The molecule has 0 aliphatic carbocycles. The highest BCUT2D eigenvalue weighted by molar-refractivity contribution is 14.1. The minimum atomic E-state index is -1.71. The maximum atomic E-state index is 13.9. The van der Waals surface area contributed by atoms with Crippen molar-refractivity contribution in [1.82, 2.24) is 15.2 Å². The van der Waals surface area contributed by atoms with Gasteiger partial charge in [-0.05, 0) is 84.3 Å². The van der Waals surface area contributed by atoms with Crippen LogP contribution in [0.3, 0.4) is 0 Å². The van der Waals surface area contributed by atoms with Crippen molar-refractivity contribution in [1.29, 1.82) is 0 Å². The van der Waals surface area contributed by atoms with E-state index in [-0.39, 0.29) is 28.9 Å². The van der Waals surface area contributed by atoms with Crippen LogP contribution < -0.4 is 15.4 Å². The van der Waals surface area contributed by atoms with Gasteiger partial charge in [0.1, 0.15) is 40.7 Å². The Kier molecular flexibility index (Phi) is 13.1. The maximum absolute atomic E-state index is 13.9. The van der Waals surface area contributed by atoms with E-state index in [1.54, 1.807) is 65.8 Å². The number of aromatic nitrogens is 1. The molecule has 0 radical (unpaired) electrons. The molecule has 288 valence electrons. The molecule has 3 atom stereocenters. The summed E-state index contributed by atoms with van der Waals surface area (Å²) in [5.41, 5.74) is -2.75. The summed E-state index contributed by atoms with van der Waals surface area (Å²) in [4.78, 5) is 77.1. The Labute approximate surface area is 327 Å². The van der Waals surface area contributed by atoms with Crippen LogP contribution in [0.15, 0.2) is 46.1 Å². The second kappa shape index (κ2) is 16.6. The third-order valence-electron chi connectivity index (χ3n) is 7.20. The van der Waals surface area contributed by atoms with Crippen molar-refractivity contribution in [2.45, 2.75) is 90.2 Å². The van der Waals surface area contributed by atoms with Gasteiger partial charge in [-0.2, -0.15) is 0 Å². The molecule has 2 aliphatic rings. The Morgan fingerprint density at radius 1 is 1.06 bits per heavy atom. The van der Waals surface area contributed by atoms with Gasteiger partial charge in [0.15, 0.2) is 16.9 Å². The van der Waals surface area contributed by atoms with Crippen molar-refractivity contribution < 1.29 is 52.3 Å². The number of hydrogen-bond acceptors (Lipinski definition) is 14. The molecule has 1 fully saturated rings. The van der Waals surface area contributed by atoms with Gasteiger partial charge < -0.3 is 33.7 Å². The number of fused-ring (bicyclic) bond motifs is 1. The number of methoxy groups -OCH3 is 1. The van der Waals surface area contributed by atoms with Crippen LogP contribution in [-0.4, -0.2) is 95.5 Å². The van der Waals surface area contributed by atoms with Crippen molar-refractivity contribution in [2.24, 2.45) is 5.16 Å². The average Bonchev–Trinajstić information content (AvgIpc) is 3.51. The number of alkyl halides is 1. The fourth-order valence-electron chi connectivity index (χ4n) is 4.73. The van der Waals surface area contributed by atoms with E-state index in [2.05, 4.69) is 20.8 Å². The van der Waals surface area contributed by atoms with Crippen LogP contribution in [0.4, 0.5) is 9.93 Å². The largest absolute Gasteiger partial charge is 0.614 e. The number of carbonyl (C=O) groups excluding carboxylic acids is 5. The van der Waals surface area contributed by atoms with E-state index in [4.69, 9.17) is 23.8 Å². The molecule has 0 unspecified atom stereocenters. The molecule has 1 aromatic heterocycles. The fraction of sp³-hybridized carbons (Fsp3) is 0.500. The minimum absolute atomic E-state index is 0.0262. The summed E-state index contributed by atoms with van der Waals surface area (Å²) >= 11 is 1.26. The molecule has 1 saturated heterocycles. The van der Waals surface area contributed by atoms with Crippen LogP contribution in [0.5, 0.6) is 5.75 Å². The maximum Gasteiger partial charge on any atom is 0.413 e. The van der Waals surface area contributed by atoms with Gasteiger partial charge in [0, 0.05) is 15.4 Å². The smallest absolute Gasteiger partial charge is 0.413 e. The van der Waals surface area contributed by atoms with Gasteiger partial charge in [-0.1, -0.05) is 39.9 Å². The normalized spacial score (nSPS) is 19.1. The summed E-state index contributed by atoms with van der Waals surface area (Å²) in [7, 11) is 1.53. The predicted octanol–water partition coefficient (Wildman–Crippen LogP) is 4.19. The Bertz CT molecular complexity index is 1800. The standard InChI is InChI=1S/C34H42IN5O11S2/c1-32(2,3)49-29(44)34(7,8)51-39-22(21-16-52-30(36-21)38-31(45)50-33(4,5)6)25(41)37-23-26(42)40-24(19(14-35)17-53(46)27(23)40)28(43)48-15-18-10-12-20(47-9)13-11-18/h10-13,16,23,27H,14-15,17H2,1-9H3,(H,37,41)(H,36,38,45)/t23-,27-,53-/m1/s1. The van der Waals surface area contributed by atoms with E-state index in [1.807, 2.05) is 22.6 Å². The Morgan fingerprint density at radius 2 is 1.70 bits per heavy atom. The highest BCUT2D eigenvalue weighted by atomic mass is 127. The van der Waals surface area contributed by atoms with E-state index in [0.29, 0.717) is 21.3 Å².